The molecule has 1 heterocycles. The fraction of sp³-hybridized carbons (Fsp3) is 0.923. The summed E-state index contributed by atoms with van der Waals surface area (Å²) < 4.78 is 0. The maximum atomic E-state index is 12.2. The molecule has 92 valence electrons. The molecule has 3 nitrogen and oxygen atoms in total. The number of hydrogen-bond donors (Lipinski definition) is 1. The lowest BCUT2D eigenvalue weighted by Crippen LogP contribution is -2.52. The first-order chi connectivity index (χ1) is 7.36. The molecule has 2 fully saturated rings. The molecule has 1 saturated heterocycles. The summed E-state index contributed by atoms with van der Waals surface area (Å²) in [4.78, 5) is 14.3. The Labute approximate surface area is 98.4 Å². The molecule has 1 saturated carbocycles. The van der Waals surface area contributed by atoms with E-state index in [1.165, 1.54) is 6.42 Å². The van der Waals surface area contributed by atoms with Crippen molar-refractivity contribution in [2.75, 3.05) is 13.1 Å². The van der Waals surface area contributed by atoms with Gasteiger partial charge in [-0.15, -0.1) is 0 Å². The fourth-order valence-electron chi connectivity index (χ4n) is 3.25. The minimum absolute atomic E-state index is 0.242. The normalized spacial score (nSPS) is 35.0. The number of carbonyl (C=O) groups excluding carboxylic acids is 1. The second-order valence-electron chi connectivity index (χ2n) is 6.66. The Balaban J connectivity index is 2.03. The molecule has 2 atom stereocenters. The zero-order valence-electron chi connectivity index (χ0n) is 10.7. The molecule has 0 aromatic heterocycles. The molecule has 0 spiro atoms. The monoisotopic (exact) mass is 224 g/mol. The van der Waals surface area contributed by atoms with E-state index in [0.717, 1.165) is 25.9 Å². The number of rotatable bonds is 0. The molecule has 2 unspecified atom stereocenters. The molecule has 2 rings (SSSR count). The van der Waals surface area contributed by atoms with Gasteiger partial charge in [0.05, 0.1) is 0 Å². The van der Waals surface area contributed by atoms with Crippen molar-refractivity contribution >= 4 is 5.91 Å². The summed E-state index contributed by atoms with van der Waals surface area (Å²) in [6.45, 7) is 7.88. The maximum absolute atomic E-state index is 12.2. The third kappa shape index (κ3) is 2.40. The molecule has 16 heavy (non-hydrogen) atoms. The number of hydrogen-bond acceptors (Lipinski definition) is 2. The lowest BCUT2D eigenvalue weighted by molar-refractivity contribution is -0.143. The molecule has 1 aliphatic heterocycles. The summed E-state index contributed by atoms with van der Waals surface area (Å²) in [5, 5.41) is 0. The van der Waals surface area contributed by atoms with Crippen LogP contribution in [-0.2, 0) is 4.79 Å². The van der Waals surface area contributed by atoms with Crippen molar-refractivity contribution in [3.63, 3.8) is 0 Å². The van der Waals surface area contributed by atoms with Gasteiger partial charge in [0.1, 0.15) is 0 Å². The van der Waals surface area contributed by atoms with Crippen LogP contribution < -0.4 is 5.73 Å². The zero-order chi connectivity index (χ0) is 11.9. The van der Waals surface area contributed by atoms with E-state index >= 15 is 0 Å². The van der Waals surface area contributed by atoms with Gasteiger partial charge in [0, 0.05) is 24.5 Å². The fourth-order valence-corrected chi connectivity index (χ4v) is 3.25. The second kappa shape index (κ2) is 4.02. The number of nitrogens with zero attached hydrogens (tertiary/aromatic N) is 1. The standard InChI is InChI=1S/C13H24N2O/c1-13(2,3)12(16)15-7-9-4-10(8-15)6-11(14)5-9/h9-11H,4-8,14H2,1-3H3. The number of nitrogens with two attached hydrogens (primary N) is 1. The second-order valence-corrected chi connectivity index (χ2v) is 6.66. The van der Waals surface area contributed by atoms with Gasteiger partial charge >= 0.3 is 0 Å². The number of likely N-dealkylation sites (tertiary alicyclic amines) is 1. The van der Waals surface area contributed by atoms with Crippen LogP contribution >= 0.6 is 0 Å². The summed E-state index contributed by atoms with van der Waals surface area (Å²) in [7, 11) is 0. The summed E-state index contributed by atoms with van der Waals surface area (Å²) >= 11 is 0. The Morgan fingerprint density at radius 2 is 1.62 bits per heavy atom. The van der Waals surface area contributed by atoms with Crippen LogP contribution in [0, 0.1) is 17.3 Å². The van der Waals surface area contributed by atoms with Crippen molar-refractivity contribution in [2.45, 2.75) is 46.1 Å². The molecular weight excluding hydrogens is 200 g/mol. The van der Waals surface area contributed by atoms with E-state index in [1.54, 1.807) is 0 Å². The van der Waals surface area contributed by atoms with Gasteiger partial charge in [0.15, 0.2) is 0 Å². The van der Waals surface area contributed by atoms with Gasteiger partial charge < -0.3 is 10.6 Å². The highest BCUT2D eigenvalue weighted by atomic mass is 16.2. The number of piperidine rings is 1. The van der Waals surface area contributed by atoms with Crippen LogP contribution in [0.1, 0.15) is 40.0 Å². The number of fused-ring (bicyclic) bond motifs is 2. The van der Waals surface area contributed by atoms with Crippen molar-refractivity contribution in [3.8, 4) is 0 Å². The molecule has 1 amide bonds. The molecule has 0 aromatic rings. The predicted molar refractivity (Wildman–Crippen MR) is 64.8 cm³/mol. The lowest BCUT2D eigenvalue weighted by atomic mass is 9.75. The molecule has 1 aliphatic carbocycles. The first-order valence-electron chi connectivity index (χ1n) is 6.41. The van der Waals surface area contributed by atoms with E-state index < -0.39 is 0 Å². The van der Waals surface area contributed by atoms with E-state index in [4.69, 9.17) is 5.73 Å². The van der Waals surface area contributed by atoms with Gasteiger partial charge in [-0.25, -0.2) is 0 Å². The van der Waals surface area contributed by atoms with Gasteiger partial charge in [-0.2, -0.15) is 0 Å². The molecule has 3 heteroatoms. The smallest absolute Gasteiger partial charge is 0.227 e. The van der Waals surface area contributed by atoms with Crippen LogP contribution in [0.2, 0.25) is 0 Å². The summed E-state index contributed by atoms with van der Waals surface area (Å²) in [5.41, 5.74) is 5.79. The molecule has 2 N–H and O–H groups in total. The SMILES string of the molecule is CC(C)(C)C(=O)N1CC2CC(N)CC(C2)C1. The first-order valence-corrected chi connectivity index (χ1v) is 6.41. The van der Waals surface area contributed by atoms with Crippen molar-refractivity contribution < 1.29 is 4.79 Å². The molecular formula is C13H24N2O. The third-order valence-electron chi connectivity index (χ3n) is 3.82. The van der Waals surface area contributed by atoms with Crippen LogP contribution in [0.25, 0.3) is 0 Å². The van der Waals surface area contributed by atoms with Crippen LogP contribution in [0.3, 0.4) is 0 Å². The maximum Gasteiger partial charge on any atom is 0.227 e. The Morgan fingerprint density at radius 3 is 2.06 bits per heavy atom. The Bertz CT molecular complexity index is 264. The lowest BCUT2D eigenvalue weighted by Gasteiger charge is -2.45. The van der Waals surface area contributed by atoms with Crippen molar-refractivity contribution in [3.05, 3.63) is 0 Å². The molecule has 2 bridgehead atoms. The largest absolute Gasteiger partial charge is 0.342 e. The van der Waals surface area contributed by atoms with Gasteiger partial charge in [-0.3, -0.25) is 4.79 Å². The molecule has 2 aliphatic rings. The number of amides is 1. The number of carbonyl (C=O) groups is 1. The Kier molecular flexibility index (Phi) is 2.99. The van der Waals surface area contributed by atoms with E-state index in [0.29, 0.717) is 23.8 Å². The topological polar surface area (TPSA) is 46.3 Å². The van der Waals surface area contributed by atoms with Crippen LogP contribution in [0.4, 0.5) is 0 Å². The summed E-state index contributed by atoms with van der Waals surface area (Å²) in [6.07, 6.45) is 3.48. The van der Waals surface area contributed by atoms with Crippen LogP contribution in [0.5, 0.6) is 0 Å². The Morgan fingerprint density at radius 1 is 1.12 bits per heavy atom. The highest BCUT2D eigenvalue weighted by molar-refractivity contribution is 5.81. The zero-order valence-corrected chi connectivity index (χ0v) is 10.7. The van der Waals surface area contributed by atoms with Crippen molar-refractivity contribution in [2.24, 2.45) is 23.0 Å². The van der Waals surface area contributed by atoms with Gasteiger partial charge in [0.2, 0.25) is 5.91 Å². The third-order valence-corrected chi connectivity index (χ3v) is 3.82. The first kappa shape index (κ1) is 11.9. The molecule has 0 radical (unpaired) electrons. The highest BCUT2D eigenvalue weighted by Crippen LogP contribution is 2.35. The average Bonchev–Trinajstić information content (AvgIpc) is 2.13. The molecule has 0 aromatic carbocycles. The predicted octanol–water partition coefficient (Wildman–Crippen LogP) is 1.62. The van der Waals surface area contributed by atoms with E-state index in [1.807, 2.05) is 20.8 Å². The summed E-state index contributed by atoms with van der Waals surface area (Å²) in [6, 6.07) is 0.371. The highest BCUT2D eigenvalue weighted by Gasteiger charge is 2.38. The quantitative estimate of drug-likeness (QED) is 0.679. The van der Waals surface area contributed by atoms with Gasteiger partial charge in [-0.1, -0.05) is 20.8 Å². The average molecular weight is 224 g/mol. The summed E-state index contributed by atoms with van der Waals surface area (Å²) in [5.74, 6) is 1.60. The Hall–Kier alpha value is -0.570. The van der Waals surface area contributed by atoms with E-state index in [2.05, 4.69) is 4.90 Å². The minimum Gasteiger partial charge on any atom is -0.342 e. The van der Waals surface area contributed by atoms with E-state index in [-0.39, 0.29) is 5.41 Å². The van der Waals surface area contributed by atoms with Crippen LogP contribution in [-0.4, -0.2) is 29.9 Å². The van der Waals surface area contributed by atoms with Gasteiger partial charge in [-0.05, 0) is 31.1 Å². The van der Waals surface area contributed by atoms with Crippen molar-refractivity contribution in [1.82, 2.24) is 4.90 Å². The van der Waals surface area contributed by atoms with Crippen LogP contribution in [0.15, 0.2) is 0 Å². The van der Waals surface area contributed by atoms with Crippen molar-refractivity contribution in [1.29, 1.82) is 0 Å². The van der Waals surface area contributed by atoms with E-state index in [9.17, 15) is 4.79 Å². The van der Waals surface area contributed by atoms with Gasteiger partial charge in [0.25, 0.3) is 0 Å². The minimum atomic E-state index is -0.242.